The normalized spacial score (nSPS) is 10.8. The second-order valence-corrected chi connectivity index (χ2v) is 5.51. The van der Waals surface area contributed by atoms with E-state index in [1.165, 1.54) is 5.56 Å². The summed E-state index contributed by atoms with van der Waals surface area (Å²) in [6, 6.07) is 18.2. The van der Waals surface area contributed by atoms with Crippen LogP contribution in [0.15, 0.2) is 54.6 Å². The summed E-state index contributed by atoms with van der Waals surface area (Å²) in [6.45, 7) is 4.85. The van der Waals surface area contributed by atoms with Gasteiger partial charge in [0, 0.05) is 12.1 Å². The van der Waals surface area contributed by atoms with Crippen LogP contribution in [0, 0.1) is 6.92 Å². The summed E-state index contributed by atoms with van der Waals surface area (Å²) in [5.74, 6) is 0.240. The Morgan fingerprint density at radius 1 is 1.00 bits per heavy atom. The highest BCUT2D eigenvalue weighted by molar-refractivity contribution is 5.84. The molecule has 1 N–H and O–H groups in total. The average Bonchev–Trinajstić information content (AvgIpc) is 2.86. The second-order valence-electron chi connectivity index (χ2n) is 5.51. The molecule has 2 aromatic carbocycles. The highest BCUT2D eigenvalue weighted by atomic mass is 16.3. The van der Waals surface area contributed by atoms with Crippen molar-refractivity contribution >= 4 is 0 Å². The zero-order valence-corrected chi connectivity index (χ0v) is 13.0. The SMILES string of the molecule is CCCn1nc(-c2cccc(C)c2)c(-c2ccccc2)c1O. The maximum Gasteiger partial charge on any atom is 0.218 e. The molecule has 0 atom stereocenters. The summed E-state index contributed by atoms with van der Waals surface area (Å²) in [5, 5.41) is 15.3. The number of aryl methyl sites for hydroxylation is 2. The van der Waals surface area contributed by atoms with Crippen molar-refractivity contribution in [3.63, 3.8) is 0 Å². The van der Waals surface area contributed by atoms with Crippen molar-refractivity contribution in [2.45, 2.75) is 26.8 Å². The molecule has 0 aliphatic rings. The van der Waals surface area contributed by atoms with Crippen molar-refractivity contribution in [3.05, 3.63) is 60.2 Å². The zero-order chi connectivity index (χ0) is 15.5. The van der Waals surface area contributed by atoms with Gasteiger partial charge >= 0.3 is 0 Å². The number of hydrogen-bond donors (Lipinski definition) is 1. The third-order valence-corrected chi connectivity index (χ3v) is 3.71. The Labute approximate surface area is 130 Å². The van der Waals surface area contributed by atoms with Crippen LogP contribution in [-0.2, 0) is 6.54 Å². The molecule has 1 heterocycles. The number of hydrogen-bond acceptors (Lipinski definition) is 2. The number of aromatic hydroxyl groups is 1. The molecule has 0 saturated carbocycles. The molecule has 0 fully saturated rings. The largest absolute Gasteiger partial charge is 0.493 e. The van der Waals surface area contributed by atoms with Crippen LogP contribution in [0.4, 0.5) is 0 Å². The summed E-state index contributed by atoms with van der Waals surface area (Å²) in [7, 11) is 0. The van der Waals surface area contributed by atoms with Crippen LogP contribution in [0.1, 0.15) is 18.9 Å². The van der Waals surface area contributed by atoms with Gasteiger partial charge in [-0.1, -0.05) is 61.0 Å². The average molecular weight is 292 g/mol. The maximum absolute atomic E-state index is 10.6. The highest BCUT2D eigenvalue weighted by Crippen LogP contribution is 2.38. The van der Waals surface area contributed by atoms with Gasteiger partial charge in [0.05, 0.1) is 5.56 Å². The van der Waals surface area contributed by atoms with Crippen molar-refractivity contribution in [2.75, 3.05) is 0 Å². The first kappa shape index (κ1) is 14.4. The molecule has 0 radical (unpaired) electrons. The summed E-state index contributed by atoms with van der Waals surface area (Å²) in [6.07, 6.45) is 0.927. The Hall–Kier alpha value is -2.55. The van der Waals surface area contributed by atoms with E-state index in [0.717, 1.165) is 28.8 Å². The minimum atomic E-state index is 0.240. The van der Waals surface area contributed by atoms with E-state index in [1.54, 1.807) is 4.68 Å². The second kappa shape index (κ2) is 6.06. The maximum atomic E-state index is 10.6. The third-order valence-electron chi connectivity index (χ3n) is 3.71. The molecule has 3 rings (SSSR count). The molecule has 112 valence electrons. The van der Waals surface area contributed by atoms with E-state index in [9.17, 15) is 5.11 Å². The summed E-state index contributed by atoms with van der Waals surface area (Å²) in [5.41, 5.74) is 4.84. The molecular formula is C19H20N2O. The topological polar surface area (TPSA) is 38.0 Å². The minimum Gasteiger partial charge on any atom is -0.493 e. The van der Waals surface area contributed by atoms with E-state index in [0.29, 0.717) is 6.54 Å². The molecule has 22 heavy (non-hydrogen) atoms. The molecule has 0 aliphatic heterocycles. The lowest BCUT2D eigenvalue weighted by molar-refractivity contribution is 0.399. The Balaban J connectivity index is 2.22. The standard InChI is InChI=1S/C19H20N2O/c1-3-12-21-19(22)17(15-9-5-4-6-10-15)18(20-21)16-11-7-8-14(2)13-16/h4-11,13,22H,3,12H2,1-2H3. The fraction of sp³-hybridized carbons (Fsp3) is 0.211. The highest BCUT2D eigenvalue weighted by Gasteiger charge is 2.19. The molecule has 0 saturated heterocycles. The number of rotatable bonds is 4. The van der Waals surface area contributed by atoms with Crippen LogP contribution >= 0.6 is 0 Å². The minimum absolute atomic E-state index is 0.240. The zero-order valence-electron chi connectivity index (χ0n) is 13.0. The number of nitrogens with zero attached hydrogens (tertiary/aromatic N) is 2. The van der Waals surface area contributed by atoms with E-state index < -0.39 is 0 Å². The molecule has 0 spiro atoms. The van der Waals surface area contributed by atoms with Gasteiger partial charge in [-0.2, -0.15) is 5.10 Å². The Kier molecular flexibility index (Phi) is 3.96. The van der Waals surface area contributed by atoms with E-state index in [1.807, 2.05) is 42.5 Å². The van der Waals surface area contributed by atoms with Crippen molar-refractivity contribution in [2.24, 2.45) is 0 Å². The molecule has 3 nitrogen and oxygen atoms in total. The molecular weight excluding hydrogens is 272 g/mol. The first-order valence-electron chi connectivity index (χ1n) is 7.63. The summed E-state index contributed by atoms with van der Waals surface area (Å²) < 4.78 is 1.69. The number of aromatic nitrogens is 2. The molecule has 0 bridgehead atoms. The quantitative estimate of drug-likeness (QED) is 0.760. The van der Waals surface area contributed by atoms with E-state index in [4.69, 9.17) is 0 Å². The third kappa shape index (κ3) is 2.62. The Bertz CT molecular complexity index is 775. The first-order chi connectivity index (χ1) is 10.7. The Morgan fingerprint density at radius 2 is 1.73 bits per heavy atom. The van der Waals surface area contributed by atoms with Gasteiger partial charge in [-0.3, -0.25) is 0 Å². The molecule has 1 aromatic heterocycles. The lowest BCUT2D eigenvalue weighted by Crippen LogP contribution is -1.98. The van der Waals surface area contributed by atoms with Gasteiger partial charge < -0.3 is 5.11 Å². The lowest BCUT2D eigenvalue weighted by Gasteiger charge is -2.04. The van der Waals surface area contributed by atoms with Crippen LogP contribution in [0.2, 0.25) is 0 Å². The monoisotopic (exact) mass is 292 g/mol. The fourth-order valence-corrected chi connectivity index (χ4v) is 2.69. The van der Waals surface area contributed by atoms with Gasteiger partial charge in [-0.15, -0.1) is 0 Å². The van der Waals surface area contributed by atoms with Gasteiger partial charge in [0.25, 0.3) is 0 Å². The van der Waals surface area contributed by atoms with E-state index in [2.05, 4.69) is 31.1 Å². The van der Waals surface area contributed by atoms with Crippen LogP contribution < -0.4 is 0 Å². The van der Waals surface area contributed by atoms with Gasteiger partial charge in [0.15, 0.2) is 0 Å². The van der Waals surface area contributed by atoms with Crippen LogP contribution in [-0.4, -0.2) is 14.9 Å². The summed E-state index contributed by atoms with van der Waals surface area (Å²) >= 11 is 0. The van der Waals surface area contributed by atoms with Crippen LogP contribution in [0.25, 0.3) is 22.4 Å². The fourth-order valence-electron chi connectivity index (χ4n) is 2.69. The van der Waals surface area contributed by atoms with Crippen LogP contribution in [0.3, 0.4) is 0 Å². The van der Waals surface area contributed by atoms with Gasteiger partial charge in [0.2, 0.25) is 5.88 Å². The van der Waals surface area contributed by atoms with E-state index >= 15 is 0 Å². The van der Waals surface area contributed by atoms with Gasteiger partial charge in [-0.05, 0) is 25.0 Å². The molecule has 3 heteroatoms. The van der Waals surface area contributed by atoms with Crippen molar-refractivity contribution in [3.8, 4) is 28.3 Å². The van der Waals surface area contributed by atoms with Crippen LogP contribution in [0.5, 0.6) is 5.88 Å². The number of benzene rings is 2. The first-order valence-corrected chi connectivity index (χ1v) is 7.63. The summed E-state index contributed by atoms with van der Waals surface area (Å²) in [4.78, 5) is 0. The predicted octanol–water partition coefficient (Wildman–Crippen LogP) is 4.64. The predicted molar refractivity (Wildman–Crippen MR) is 89.8 cm³/mol. The smallest absolute Gasteiger partial charge is 0.218 e. The molecule has 0 amide bonds. The lowest BCUT2D eigenvalue weighted by atomic mass is 10.0. The Morgan fingerprint density at radius 3 is 2.41 bits per heavy atom. The van der Waals surface area contributed by atoms with Crippen molar-refractivity contribution in [1.29, 1.82) is 0 Å². The molecule has 0 unspecified atom stereocenters. The molecule has 3 aromatic rings. The van der Waals surface area contributed by atoms with Gasteiger partial charge in [-0.25, -0.2) is 4.68 Å². The van der Waals surface area contributed by atoms with Crippen molar-refractivity contribution < 1.29 is 5.11 Å². The van der Waals surface area contributed by atoms with Gasteiger partial charge in [0.1, 0.15) is 5.69 Å². The molecule has 0 aliphatic carbocycles. The van der Waals surface area contributed by atoms with E-state index in [-0.39, 0.29) is 5.88 Å². The van der Waals surface area contributed by atoms with Crippen molar-refractivity contribution in [1.82, 2.24) is 9.78 Å².